The molecule has 3 nitrogen and oxygen atoms in total. The van der Waals surface area contributed by atoms with Gasteiger partial charge in [0.15, 0.2) is 0 Å². The predicted octanol–water partition coefficient (Wildman–Crippen LogP) is 4.53. The minimum atomic E-state index is -4.88. The van der Waals surface area contributed by atoms with Gasteiger partial charge < -0.3 is 10.1 Å². The third-order valence-corrected chi connectivity index (χ3v) is 4.99. The molecular weight excluding hydrogens is 396 g/mol. The molecule has 0 saturated carbocycles. The number of nitrogens with one attached hydrogen (secondary N) is 1. The number of rotatable bonds is 6. The number of alkyl halides is 6. The second kappa shape index (κ2) is 8.28. The molecule has 0 bridgehead atoms. The molecule has 0 aromatic carbocycles. The topological polar surface area (TPSA) is 46.2 Å². The molecule has 0 saturated heterocycles. The largest absolute Gasteiger partial charge is 0.412 e. The summed E-state index contributed by atoms with van der Waals surface area (Å²) < 4.78 is 77.5. The van der Waals surface area contributed by atoms with E-state index >= 15 is 0 Å². The van der Waals surface area contributed by atoms with E-state index in [0.717, 1.165) is 0 Å². The van der Waals surface area contributed by atoms with Gasteiger partial charge in [-0.1, -0.05) is 12.1 Å². The van der Waals surface area contributed by atoms with E-state index in [1.54, 1.807) is 17.5 Å². The van der Waals surface area contributed by atoms with Crippen LogP contribution in [0.2, 0.25) is 0 Å². The van der Waals surface area contributed by atoms with Crippen molar-refractivity contribution in [2.24, 2.45) is 5.92 Å². The van der Waals surface area contributed by atoms with Crippen molar-refractivity contribution in [2.75, 3.05) is 6.54 Å². The lowest BCUT2D eigenvalue weighted by molar-refractivity contribution is -0.166. The molecule has 2 unspecified atom stereocenters. The first-order valence-electron chi connectivity index (χ1n) is 7.82. The number of halogens is 6. The van der Waals surface area contributed by atoms with Gasteiger partial charge in [0.05, 0.1) is 11.8 Å². The van der Waals surface area contributed by atoms with Crippen LogP contribution in [0.15, 0.2) is 40.8 Å². The molecule has 0 spiro atoms. The van der Waals surface area contributed by atoms with Crippen LogP contribution in [0.5, 0.6) is 0 Å². The Morgan fingerprint density at radius 3 is 2.52 bits per heavy atom. The van der Waals surface area contributed by atoms with Gasteiger partial charge in [0.25, 0.3) is 0 Å². The molecule has 0 fully saturated rings. The summed E-state index contributed by atoms with van der Waals surface area (Å²) in [6.45, 7) is -0.494. The predicted molar refractivity (Wildman–Crippen MR) is 87.1 cm³/mol. The maximum Gasteiger partial charge on any atom is 0.412 e. The maximum absolute atomic E-state index is 12.9. The summed E-state index contributed by atoms with van der Waals surface area (Å²) in [6.07, 6.45) is -9.18. The van der Waals surface area contributed by atoms with Gasteiger partial charge in [0.1, 0.15) is 6.29 Å². The second-order valence-corrected chi connectivity index (χ2v) is 6.93. The fourth-order valence-electron chi connectivity index (χ4n) is 2.65. The van der Waals surface area contributed by atoms with Crippen LogP contribution in [-0.4, -0.2) is 31.1 Å². The average Bonchev–Trinajstić information content (AvgIpc) is 3.10. The summed E-state index contributed by atoms with van der Waals surface area (Å²) in [5, 5.41) is 4.02. The molecule has 1 aromatic rings. The number of carbonyl (C=O) groups is 2. The monoisotopic (exact) mass is 411 g/mol. The summed E-state index contributed by atoms with van der Waals surface area (Å²) in [5.74, 6) is -3.74. The van der Waals surface area contributed by atoms with Crippen LogP contribution < -0.4 is 5.32 Å². The number of carbonyl (C=O) groups excluding carboxylic acids is 2. The van der Waals surface area contributed by atoms with Crippen molar-refractivity contribution in [1.82, 2.24) is 5.32 Å². The molecule has 2 rings (SSSR count). The Labute approximate surface area is 154 Å². The number of amides is 1. The summed E-state index contributed by atoms with van der Waals surface area (Å²) in [5.41, 5.74) is -1.57. The molecule has 27 heavy (non-hydrogen) atoms. The number of hydrogen-bond donors (Lipinski definition) is 1. The van der Waals surface area contributed by atoms with E-state index < -0.39 is 48.6 Å². The lowest BCUT2D eigenvalue weighted by Crippen LogP contribution is -2.33. The molecule has 2 atom stereocenters. The zero-order valence-electron chi connectivity index (χ0n) is 13.7. The van der Waals surface area contributed by atoms with Gasteiger partial charge in [-0.05, 0) is 29.5 Å². The SMILES string of the molecule is O=CCC(C(=O)NCC1=CC(C(F)(F)F)CC(C(F)(F)F)=C1)c1cccs1. The van der Waals surface area contributed by atoms with E-state index in [2.05, 4.69) is 5.32 Å². The van der Waals surface area contributed by atoms with Crippen LogP contribution in [0.25, 0.3) is 0 Å². The Hall–Kier alpha value is -2.10. The zero-order valence-corrected chi connectivity index (χ0v) is 14.5. The number of thiophene rings is 1. The first-order chi connectivity index (χ1) is 12.5. The van der Waals surface area contributed by atoms with Crippen molar-refractivity contribution in [3.63, 3.8) is 0 Å². The second-order valence-electron chi connectivity index (χ2n) is 5.95. The van der Waals surface area contributed by atoms with E-state index in [4.69, 9.17) is 0 Å². The van der Waals surface area contributed by atoms with E-state index in [9.17, 15) is 35.9 Å². The van der Waals surface area contributed by atoms with Gasteiger partial charge in [-0.15, -0.1) is 11.3 Å². The molecule has 1 amide bonds. The highest BCUT2D eigenvalue weighted by molar-refractivity contribution is 7.10. The van der Waals surface area contributed by atoms with Gasteiger partial charge in [0, 0.05) is 23.4 Å². The van der Waals surface area contributed by atoms with Crippen LogP contribution >= 0.6 is 11.3 Å². The van der Waals surface area contributed by atoms with E-state index in [1.165, 1.54) is 11.3 Å². The zero-order chi connectivity index (χ0) is 20.2. The molecular formula is C17H15F6NO2S. The van der Waals surface area contributed by atoms with Crippen LogP contribution in [0.1, 0.15) is 23.6 Å². The standard InChI is InChI=1S/C17H15F6NO2S/c18-16(19,20)11-6-10(7-12(8-11)17(21,22)23)9-24-15(26)13(3-4-25)14-2-1-5-27-14/h1-2,4-7,11,13H,3,8-9H2,(H,24,26). The normalized spacial score (nSPS) is 19.1. The van der Waals surface area contributed by atoms with Crippen LogP contribution in [0, 0.1) is 5.92 Å². The maximum atomic E-state index is 12.9. The molecule has 10 heteroatoms. The fraction of sp³-hybridized carbons (Fsp3) is 0.412. The van der Waals surface area contributed by atoms with Crippen molar-refractivity contribution in [3.05, 3.63) is 45.7 Å². The smallest absolute Gasteiger partial charge is 0.351 e. The van der Waals surface area contributed by atoms with Gasteiger partial charge >= 0.3 is 12.4 Å². The molecule has 1 heterocycles. The van der Waals surface area contributed by atoms with Crippen molar-refractivity contribution < 1.29 is 35.9 Å². The van der Waals surface area contributed by atoms with E-state index in [0.29, 0.717) is 23.3 Å². The van der Waals surface area contributed by atoms with Crippen molar-refractivity contribution in [1.29, 1.82) is 0 Å². The van der Waals surface area contributed by atoms with E-state index in [-0.39, 0.29) is 12.0 Å². The molecule has 1 N–H and O–H groups in total. The molecule has 1 aliphatic carbocycles. The Balaban J connectivity index is 2.15. The van der Waals surface area contributed by atoms with Crippen molar-refractivity contribution >= 4 is 23.5 Å². The molecule has 148 valence electrons. The third-order valence-electron chi connectivity index (χ3n) is 4.00. The summed E-state index contributed by atoms with van der Waals surface area (Å²) in [6, 6.07) is 3.29. The van der Waals surface area contributed by atoms with Gasteiger partial charge in [-0.25, -0.2) is 0 Å². The van der Waals surface area contributed by atoms with Gasteiger partial charge in [-0.2, -0.15) is 26.3 Å². The lowest BCUT2D eigenvalue weighted by atomic mass is 9.89. The Kier molecular flexibility index (Phi) is 6.50. The van der Waals surface area contributed by atoms with Gasteiger partial charge in [0.2, 0.25) is 5.91 Å². The van der Waals surface area contributed by atoms with Crippen LogP contribution in [0.4, 0.5) is 26.3 Å². The first kappa shape index (κ1) is 21.2. The highest BCUT2D eigenvalue weighted by atomic mass is 32.1. The van der Waals surface area contributed by atoms with E-state index in [1.807, 2.05) is 0 Å². The number of hydrogen-bond acceptors (Lipinski definition) is 3. The van der Waals surface area contributed by atoms with Gasteiger partial charge in [-0.3, -0.25) is 4.79 Å². The minimum Gasteiger partial charge on any atom is -0.351 e. The Morgan fingerprint density at radius 1 is 1.30 bits per heavy atom. The quantitative estimate of drug-likeness (QED) is 0.552. The number of aldehydes is 1. The minimum absolute atomic E-state index is 0.139. The summed E-state index contributed by atoms with van der Waals surface area (Å²) in [7, 11) is 0. The third kappa shape index (κ3) is 5.69. The van der Waals surface area contributed by atoms with Crippen molar-refractivity contribution in [3.8, 4) is 0 Å². The average molecular weight is 411 g/mol. The molecule has 0 radical (unpaired) electrons. The first-order valence-corrected chi connectivity index (χ1v) is 8.70. The fourth-order valence-corrected chi connectivity index (χ4v) is 3.49. The molecule has 1 aromatic heterocycles. The lowest BCUT2D eigenvalue weighted by Gasteiger charge is -2.25. The Morgan fingerprint density at radius 2 is 2.00 bits per heavy atom. The highest BCUT2D eigenvalue weighted by Crippen LogP contribution is 2.41. The van der Waals surface area contributed by atoms with Crippen LogP contribution in [0.3, 0.4) is 0 Å². The molecule has 1 aliphatic rings. The highest BCUT2D eigenvalue weighted by Gasteiger charge is 2.45. The van der Waals surface area contributed by atoms with Crippen LogP contribution in [-0.2, 0) is 9.59 Å². The molecule has 0 aliphatic heterocycles. The Bertz CT molecular complexity index is 734. The summed E-state index contributed by atoms with van der Waals surface area (Å²) in [4.78, 5) is 23.6. The summed E-state index contributed by atoms with van der Waals surface area (Å²) >= 11 is 1.22. The van der Waals surface area contributed by atoms with Crippen molar-refractivity contribution in [2.45, 2.75) is 31.1 Å². The number of allylic oxidation sites excluding steroid dienone is 2.